The number of carbonyl (C=O) groups excluding carboxylic acids is 1. The predicted molar refractivity (Wildman–Crippen MR) is 138 cm³/mol. The van der Waals surface area contributed by atoms with E-state index in [1.54, 1.807) is 0 Å². The minimum Gasteiger partial charge on any atom is -0.325 e. The lowest BCUT2D eigenvalue weighted by Crippen LogP contribution is -2.14. The summed E-state index contributed by atoms with van der Waals surface area (Å²) in [7, 11) is 0. The molecule has 1 aromatic heterocycles. The van der Waals surface area contributed by atoms with Crippen LogP contribution in [-0.4, -0.2) is 16.6 Å². The average Bonchev–Trinajstić information content (AvgIpc) is 2.84. The second kappa shape index (κ2) is 10.5. The molecule has 0 spiro atoms. The Morgan fingerprint density at radius 2 is 1.70 bits per heavy atom. The first-order chi connectivity index (χ1) is 16.0. The number of halogens is 1. The number of amides is 1. The topological polar surface area (TPSA) is 65.8 Å². The van der Waals surface area contributed by atoms with Gasteiger partial charge in [-0.25, -0.2) is 4.98 Å². The van der Waals surface area contributed by atoms with Crippen molar-refractivity contribution in [1.82, 2.24) is 4.98 Å². The fraction of sp³-hybridized carbons (Fsp3) is 0.0741. The molecule has 4 nitrogen and oxygen atoms in total. The van der Waals surface area contributed by atoms with Gasteiger partial charge in [-0.15, -0.1) is 0 Å². The molecule has 0 aliphatic carbocycles. The molecule has 1 N–H and O–H groups in total. The summed E-state index contributed by atoms with van der Waals surface area (Å²) in [6, 6.07) is 29.6. The number of aryl methyl sites for hydroxylation is 1. The molecule has 1 heterocycles. The highest BCUT2D eigenvalue weighted by Crippen LogP contribution is 2.34. The third kappa shape index (κ3) is 5.70. The van der Waals surface area contributed by atoms with E-state index in [1.165, 1.54) is 11.8 Å². The molecule has 6 heteroatoms. The van der Waals surface area contributed by atoms with E-state index < -0.39 is 0 Å². The van der Waals surface area contributed by atoms with Gasteiger partial charge in [-0.1, -0.05) is 87.9 Å². The van der Waals surface area contributed by atoms with Crippen LogP contribution in [0.4, 0.5) is 5.69 Å². The minimum absolute atomic E-state index is 0.142. The standard InChI is InChI=1S/C27H20BrN3OS/c1-18-7-9-20(10-8-18)25-15-23(19-5-3-2-4-6-19)24(16-29)27(31-25)33-17-26(32)30-22-13-11-21(28)12-14-22/h2-15H,17H2,1H3,(H,30,32). The molecule has 0 atom stereocenters. The van der Waals surface area contributed by atoms with E-state index >= 15 is 0 Å². The van der Waals surface area contributed by atoms with Crippen molar-refractivity contribution >= 4 is 39.3 Å². The maximum Gasteiger partial charge on any atom is 0.234 e. The molecule has 1 amide bonds. The Bertz CT molecular complexity index is 1310. The van der Waals surface area contributed by atoms with Gasteiger partial charge in [0.05, 0.1) is 17.0 Å². The van der Waals surface area contributed by atoms with Crippen LogP contribution in [0.2, 0.25) is 0 Å². The molecular weight excluding hydrogens is 494 g/mol. The number of hydrogen-bond acceptors (Lipinski definition) is 4. The van der Waals surface area contributed by atoms with E-state index in [9.17, 15) is 10.1 Å². The maximum absolute atomic E-state index is 12.6. The lowest BCUT2D eigenvalue weighted by atomic mass is 9.99. The van der Waals surface area contributed by atoms with Crippen molar-refractivity contribution in [1.29, 1.82) is 5.26 Å². The molecule has 33 heavy (non-hydrogen) atoms. The fourth-order valence-corrected chi connectivity index (χ4v) is 4.38. The number of nitrogens with zero attached hydrogens (tertiary/aromatic N) is 2. The number of pyridine rings is 1. The molecule has 162 valence electrons. The summed E-state index contributed by atoms with van der Waals surface area (Å²) in [4.78, 5) is 17.3. The Labute approximate surface area is 205 Å². The number of hydrogen-bond donors (Lipinski definition) is 1. The van der Waals surface area contributed by atoms with E-state index in [0.29, 0.717) is 10.6 Å². The smallest absolute Gasteiger partial charge is 0.234 e. The normalized spacial score (nSPS) is 10.5. The number of aromatic nitrogens is 1. The summed E-state index contributed by atoms with van der Waals surface area (Å²) in [6.07, 6.45) is 0. The van der Waals surface area contributed by atoms with Gasteiger partial charge in [-0.2, -0.15) is 5.26 Å². The van der Waals surface area contributed by atoms with Gasteiger partial charge >= 0.3 is 0 Å². The lowest BCUT2D eigenvalue weighted by Gasteiger charge is -2.13. The van der Waals surface area contributed by atoms with Gasteiger partial charge in [-0.05, 0) is 42.8 Å². The monoisotopic (exact) mass is 513 g/mol. The van der Waals surface area contributed by atoms with Crippen molar-refractivity contribution in [2.24, 2.45) is 0 Å². The van der Waals surface area contributed by atoms with E-state index in [1.807, 2.05) is 91.9 Å². The van der Waals surface area contributed by atoms with Gasteiger partial charge < -0.3 is 5.32 Å². The first-order valence-electron chi connectivity index (χ1n) is 10.3. The molecule has 0 bridgehead atoms. The highest BCUT2D eigenvalue weighted by atomic mass is 79.9. The van der Waals surface area contributed by atoms with Gasteiger partial charge in [0.25, 0.3) is 0 Å². The molecule has 0 saturated heterocycles. The average molecular weight is 514 g/mol. The van der Waals surface area contributed by atoms with Gasteiger partial charge in [0.1, 0.15) is 11.1 Å². The molecule has 0 aliphatic rings. The Kier molecular flexibility index (Phi) is 7.23. The quantitative estimate of drug-likeness (QED) is 0.279. The van der Waals surface area contributed by atoms with Gasteiger partial charge in [0.15, 0.2) is 0 Å². The Morgan fingerprint density at radius 3 is 2.36 bits per heavy atom. The van der Waals surface area contributed by atoms with Crippen molar-refractivity contribution in [3.8, 4) is 28.5 Å². The zero-order valence-corrected chi connectivity index (χ0v) is 20.3. The Morgan fingerprint density at radius 1 is 1.00 bits per heavy atom. The number of nitrogens with one attached hydrogen (secondary N) is 1. The van der Waals surface area contributed by atoms with Crippen LogP contribution in [0.15, 0.2) is 94.4 Å². The lowest BCUT2D eigenvalue weighted by molar-refractivity contribution is -0.113. The molecule has 0 fully saturated rings. The van der Waals surface area contributed by atoms with E-state index in [2.05, 4.69) is 27.3 Å². The van der Waals surface area contributed by atoms with Crippen LogP contribution in [0, 0.1) is 18.3 Å². The zero-order chi connectivity index (χ0) is 23.2. The number of benzene rings is 3. The minimum atomic E-state index is -0.157. The van der Waals surface area contributed by atoms with Crippen molar-refractivity contribution < 1.29 is 4.79 Å². The highest BCUT2D eigenvalue weighted by molar-refractivity contribution is 9.10. The van der Waals surface area contributed by atoms with Crippen LogP contribution in [0.25, 0.3) is 22.4 Å². The number of carbonyl (C=O) groups is 1. The third-order valence-electron chi connectivity index (χ3n) is 5.00. The second-order valence-electron chi connectivity index (χ2n) is 7.42. The van der Waals surface area contributed by atoms with Crippen LogP contribution in [0.1, 0.15) is 11.1 Å². The summed E-state index contributed by atoms with van der Waals surface area (Å²) in [5.74, 6) is -0.0152. The summed E-state index contributed by atoms with van der Waals surface area (Å²) in [6.45, 7) is 2.04. The Balaban J connectivity index is 1.67. The summed E-state index contributed by atoms with van der Waals surface area (Å²) in [5, 5.41) is 13.4. The van der Waals surface area contributed by atoms with E-state index in [-0.39, 0.29) is 11.7 Å². The summed E-state index contributed by atoms with van der Waals surface area (Å²) >= 11 is 4.66. The fourth-order valence-electron chi connectivity index (χ4n) is 3.32. The number of nitriles is 1. The number of rotatable bonds is 6. The molecule has 0 radical (unpaired) electrons. The van der Waals surface area contributed by atoms with E-state index in [0.717, 1.165) is 38.1 Å². The summed E-state index contributed by atoms with van der Waals surface area (Å²) < 4.78 is 0.944. The highest BCUT2D eigenvalue weighted by Gasteiger charge is 2.17. The van der Waals surface area contributed by atoms with Crippen molar-refractivity contribution in [3.05, 3.63) is 101 Å². The zero-order valence-electron chi connectivity index (χ0n) is 17.9. The molecular formula is C27H20BrN3OS. The van der Waals surface area contributed by atoms with Crippen molar-refractivity contribution in [2.45, 2.75) is 11.9 Å². The van der Waals surface area contributed by atoms with Crippen LogP contribution in [-0.2, 0) is 4.79 Å². The van der Waals surface area contributed by atoms with Crippen LogP contribution < -0.4 is 5.32 Å². The molecule has 3 aromatic carbocycles. The first kappa shape index (κ1) is 22.8. The van der Waals surface area contributed by atoms with Gasteiger partial charge in [0.2, 0.25) is 5.91 Å². The molecule has 0 aliphatic heterocycles. The van der Waals surface area contributed by atoms with Crippen LogP contribution >= 0.6 is 27.7 Å². The second-order valence-corrected chi connectivity index (χ2v) is 9.30. The molecule has 0 unspecified atom stereocenters. The largest absolute Gasteiger partial charge is 0.325 e. The SMILES string of the molecule is Cc1ccc(-c2cc(-c3ccccc3)c(C#N)c(SCC(=O)Nc3ccc(Br)cc3)n2)cc1. The van der Waals surface area contributed by atoms with Crippen LogP contribution in [0.3, 0.4) is 0 Å². The van der Waals surface area contributed by atoms with E-state index in [4.69, 9.17) is 4.98 Å². The van der Waals surface area contributed by atoms with Gasteiger partial charge in [0, 0.05) is 21.3 Å². The van der Waals surface area contributed by atoms with Crippen molar-refractivity contribution in [3.63, 3.8) is 0 Å². The Hall–Kier alpha value is -3.40. The van der Waals surface area contributed by atoms with Crippen molar-refractivity contribution in [2.75, 3.05) is 11.1 Å². The first-order valence-corrected chi connectivity index (χ1v) is 12.1. The number of thioether (sulfide) groups is 1. The number of anilines is 1. The van der Waals surface area contributed by atoms with Crippen LogP contribution in [0.5, 0.6) is 0 Å². The predicted octanol–water partition coefficient (Wildman–Crippen LogP) is 7.09. The molecule has 4 aromatic rings. The summed E-state index contributed by atoms with van der Waals surface area (Å²) in [5.41, 5.74) is 5.82. The molecule has 0 saturated carbocycles. The van der Waals surface area contributed by atoms with Gasteiger partial charge in [-0.3, -0.25) is 4.79 Å². The third-order valence-corrected chi connectivity index (χ3v) is 6.50. The maximum atomic E-state index is 12.6. The molecule has 4 rings (SSSR count).